The van der Waals surface area contributed by atoms with Crippen LogP contribution in [-0.2, 0) is 0 Å². The van der Waals surface area contributed by atoms with Crippen LogP contribution in [0.25, 0.3) is 0 Å². The molecular formula is C14H27NO. The Morgan fingerprint density at radius 2 is 1.94 bits per heavy atom. The molecule has 0 spiro atoms. The van der Waals surface area contributed by atoms with Crippen molar-refractivity contribution in [2.24, 2.45) is 0 Å². The Morgan fingerprint density at radius 3 is 2.62 bits per heavy atom. The minimum atomic E-state index is -0.338. The molecule has 2 fully saturated rings. The van der Waals surface area contributed by atoms with E-state index in [0.717, 1.165) is 32.0 Å². The summed E-state index contributed by atoms with van der Waals surface area (Å²) in [6.45, 7) is 4.33. The van der Waals surface area contributed by atoms with Crippen LogP contribution in [-0.4, -0.2) is 34.7 Å². The van der Waals surface area contributed by atoms with Gasteiger partial charge in [-0.1, -0.05) is 39.0 Å². The molecule has 1 saturated carbocycles. The van der Waals surface area contributed by atoms with Gasteiger partial charge in [0.25, 0.3) is 0 Å². The van der Waals surface area contributed by atoms with Gasteiger partial charge in [0, 0.05) is 19.1 Å². The molecule has 1 N–H and O–H groups in total. The third kappa shape index (κ3) is 3.46. The zero-order valence-electron chi connectivity index (χ0n) is 10.7. The average molecular weight is 225 g/mol. The number of hydrogen-bond donors (Lipinski definition) is 1. The van der Waals surface area contributed by atoms with Crippen molar-refractivity contribution in [3.8, 4) is 0 Å². The van der Waals surface area contributed by atoms with Gasteiger partial charge in [0.2, 0.25) is 0 Å². The summed E-state index contributed by atoms with van der Waals surface area (Å²) in [4.78, 5) is 2.51. The van der Waals surface area contributed by atoms with Crippen LogP contribution in [0.1, 0.15) is 64.7 Å². The Morgan fingerprint density at radius 1 is 1.19 bits per heavy atom. The summed E-state index contributed by atoms with van der Waals surface area (Å²) >= 11 is 0. The van der Waals surface area contributed by atoms with Crippen LogP contribution < -0.4 is 0 Å². The molecule has 94 valence electrons. The van der Waals surface area contributed by atoms with Crippen LogP contribution in [0.3, 0.4) is 0 Å². The van der Waals surface area contributed by atoms with E-state index in [0.29, 0.717) is 0 Å². The Kier molecular flexibility index (Phi) is 4.26. The first-order valence-corrected chi connectivity index (χ1v) is 7.20. The summed E-state index contributed by atoms with van der Waals surface area (Å²) in [5, 5.41) is 10.5. The topological polar surface area (TPSA) is 23.5 Å². The summed E-state index contributed by atoms with van der Waals surface area (Å²) in [7, 11) is 0. The predicted molar refractivity (Wildman–Crippen MR) is 67.5 cm³/mol. The van der Waals surface area contributed by atoms with Gasteiger partial charge in [0.1, 0.15) is 0 Å². The van der Waals surface area contributed by atoms with Gasteiger partial charge in [0.15, 0.2) is 0 Å². The molecular weight excluding hydrogens is 198 g/mol. The maximum Gasteiger partial charge on any atom is 0.0786 e. The van der Waals surface area contributed by atoms with Gasteiger partial charge in [-0.25, -0.2) is 0 Å². The molecule has 0 bridgehead atoms. The first kappa shape index (κ1) is 12.4. The molecule has 2 nitrogen and oxygen atoms in total. The van der Waals surface area contributed by atoms with Gasteiger partial charge in [-0.3, -0.25) is 4.90 Å². The molecule has 2 aliphatic rings. The normalized spacial score (nSPS) is 31.1. The number of aliphatic hydroxyl groups is 1. The zero-order valence-corrected chi connectivity index (χ0v) is 10.7. The molecule has 0 aromatic rings. The van der Waals surface area contributed by atoms with E-state index in [1.165, 1.54) is 44.9 Å². The highest BCUT2D eigenvalue weighted by atomic mass is 16.3. The standard InChI is InChI=1S/C14H27NO/c1-2-3-4-5-6-9-14(16)10-11-15(12-14)13-7-8-13/h13,16H,2-12H2,1H3. The summed E-state index contributed by atoms with van der Waals surface area (Å²) in [5.41, 5.74) is -0.338. The second-order valence-corrected chi connectivity index (χ2v) is 5.84. The first-order chi connectivity index (χ1) is 7.73. The number of likely N-dealkylation sites (tertiary alicyclic amines) is 1. The molecule has 1 unspecified atom stereocenters. The van der Waals surface area contributed by atoms with Crippen molar-refractivity contribution in [2.45, 2.75) is 76.4 Å². The van der Waals surface area contributed by atoms with Crippen LogP contribution in [0.15, 0.2) is 0 Å². The maximum absolute atomic E-state index is 10.5. The lowest BCUT2D eigenvalue weighted by atomic mass is 9.95. The van der Waals surface area contributed by atoms with E-state index in [4.69, 9.17) is 0 Å². The second-order valence-electron chi connectivity index (χ2n) is 5.84. The molecule has 0 radical (unpaired) electrons. The van der Waals surface area contributed by atoms with Crippen molar-refractivity contribution in [2.75, 3.05) is 13.1 Å². The van der Waals surface area contributed by atoms with Gasteiger partial charge in [-0.05, 0) is 25.7 Å². The van der Waals surface area contributed by atoms with Gasteiger partial charge in [0.05, 0.1) is 5.60 Å². The van der Waals surface area contributed by atoms with Gasteiger partial charge >= 0.3 is 0 Å². The lowest BCUT2D eigenvalue weighted by molar-refractivity contribution is 0.0371. The fourth-order valence-electron chi connectivity index (χ4n) is 2.90. The Labute approximate surface area is 100 Å². The molecule has 16 heavy (non-hydrogen) atoms. The lowest BCUT2D eigenvalue weighted by Crippen LogP contribution is -2.33. The van der Waals surface area contributed by atoms with Crippen molar-refractivity contribution < 1.29 is 5.11 Å². The predicted octanol–water partition coefficient (Wildman–Crippen LogP) is 2.95. The molecule has 1 atom stereocenters. The summed E-state index contributed by atoms with van der Waals surface area (Å²) < 4.78 is 0. The molecule has 0 amide bonds. The third-order valence-electron chi connectivity index (χ3n) is 4.17. The van der Waals surface area contributed by atoms with Crippen LogP contribution in [0.2, 0.25) is 0 Å². The van der Waals surface area contributed by atoms with Crippen LogP contribution in [0, 0.1) is 0 Å². The summed E-state index contributed by atoms with van der Waals surface area (Å²) in [5.74, 6) is 0. The number of unbranched alkanes of at least 4 members (excludes halogenated alkanes) is 4. The number of hydrogen-bond acceptors (Lipinski definition) is 2. The van der Waals surface area contributed by atoms with E-state index in [1.807, 2.05) is 0 Å². The minimum absolute atomic E-state index is 0.338. The quantitative estimate of drug-likeness (QED) is 0.673. The summed E-state index contributed by atoms with van der Waals surface area (Å²) in [6.07, 6.45) is 11.3. The SMILES string of the molecule is CCCCCCCC1(O)CCN(C2CC2)C1. The molecule has 1 saturated heterocycles. The third-order valence-corrected chi connectivity index (χ3v) is 4.17. The number of rotatable bonds is 7. The van der Waals surface area contributed by atoms with Gasteiger partial charge in [-0.15, -0.1) is 0 Å². The van der Waals surface area contributed by atoms with E-state index in [1.54, 1.807) is 0 Å². The van der Waals surface area contributed by atoms with Gasteiger partial charge < -0.3 is 5.11 Å². The van der Waals surface area contributed by atoms with Gasteiger partial charge in [-0.2, -0.15) is 0 Å². The Hall–Kier alpha value is -0.0800. The fraction of sp³-hybridized carbons (Fsp3) is 1.00. The van der Waals surface area contributed by atoms with E-state index >= 15 is 0 Å². The van der Waals surface area contributed by atoms with E-state index < -0.39 is 0 Å². The average Bonchev–Trinajstić information content (AvgIpc) is 3.03. The second kappa shape index (κ2) is 5.50. The molecule has 1 aliphatic carbocycles. The Bertz CT molecular complexity index is 215. The highest BCUT2D eigenvalue weighted by Crippen LogP contribution is 2.35. The zero-order chi connectivity index (χ0) is 11.4. The first-order valence-electron chi connectivity index (χ1n) is 7.20. The van der Waals surface area contributed by atoms with E-state index in [2.05, 4.69) is 11.8 Å². The maximum atomic E-state index is 10.5. The van der Waals surface area contributed by atoms with Crippen molar-refractivity contribution in [3.05, 3.63) is 0 Å². The minimum Gasteiger partial charge on any atom is -0.389 e. The lowest BCUT2D eigenvalue weighted by Gasteiger charge is -2.23. The number of nitrogens with zero attached hydrogens (tertiary/aromatic N) is 1. The van der Waals surface area contributed by atoms with Crippen LogP contribution in [0.5, 0.6) is 0 Å². The molecule has 0 aromatic heterocycles. The van der Waals surface area contributed by atoms with Crippen LogP contribution >= 0.6 is 0 Å². The highest BCUT2D eigenvalue weighted by molar-refractivity contribution is 4.96. The smallest absolute Gasteiger partial charge is 0.0786 e. The van der Waals surface area contributed by atoms with Crippen molar-refractivity contribution in [1.29, 1.82) is 0 Å². The van der Waals surface area contributed by atoms with E-state index in [-0.39, 0.29) is 5.60 Å². The van der Waals surface area contributed by atoms with Crippen molar-refractivity contribution >= 4 is 0 Å². The van der Waals surface area contributed by atoms with Crippen molar-refractivity contribution in [3.63, 3.8) is 0 Å². The number of β-amino-alcohol motifs (C(OH)–C–C–N with tert-alkyl or cyclic N) is 1. The molecule has 1 aliphatic heterocycles. The Balaban J connectivity index is 1.60. The highest BCUT2D eigenvalue weighted by Gasteiger charge is 2.41. The van der Waals surface area contributed by atoms with E-state index in [9.17, 15) is 5.11 Å². The fourth-order valence-corrected chi connectivity index (χ4v) is 2.90. The van der Waals surface area contributed by atoms with Crippen molar-refractivity contribution in [1.82, 2.24) is 4.90 Å². The monoisotopic (exact) mass is 225 g/mol. The molecule has 1 heterocycles. The van der Waals surface area contributed by atoms with Crippen LogP contribution in [0.4, 0.5) is 0 Å². The molecule has 0 aromatic carbocycles. The largest absolute Gasteiger partial charge is 0.389 e. The molecule has 2 rings (SSSR count). The molecule has 2 heteroatoms. The summed E-state index contributed by atoms with van der Waals surface area (Å²) in [6, 6.07) is 0.828.